The van der Waals surface area contributed by atoms with Crippen LogP contribution in [0.15, 0.2) is 24.3 Å². The van der Waals surface area contributed by atoms with Gasteiger partial charge in [-0.05, 0) is 38.1 Å². The van der Waals surface area contributed by atoms with E-state index >= 15 is 0 Å². The average Bonchev–Trinajstić information content (AvgIpc) is 2.55. The van der Waals surface area contributed by atoms with Gasteiger partial charge in [-0.2, -0.15) is 0 Å². The largest absolute Gasteiger partial charge is 0.493 e. The summed E-state index contributed by atoms with van der Waals surface area (Å²) in [5.74, 6) is 0.316. The molecule has 0 aliphatic carbocycles. The predicted octanol–water partition coefficient (Wildman–Crippen LogP) is 3.75. The third-order valence-corrected chi connectivity index (χ3v) is 3.61. The Morgan fingerprint density at radius 2 is 1.77 bits per heavy atom. The summed E-state index contributed by atoms with van der Waals surface area (Å²) >= 11 is 0. The Morgan fingerprint density at radius 1 is 1.05 bits per heavy atom. The first kappa shape index (κ1) is 18.5. The zero-order valence-electron chi connectivity index (χ0n) is 14.1. The molecule has 0 aliphatic rings. The zero-order valence-corrected chi connectivity index (χ0v) is 14.1. The van der Waals surface area contributed by atoms with Crippen LogP contribution in [-0.2, 0) is 4.74 Å². The van der Waals surface area contributed by atoms with Crippen LogP contribution in [0, 0.1) is 0 Å². The Labute approximate surface area is 134 Å². The number of nitrogens with zero attached hydrogens (tertiary/aromatic N) is 1. The molecule has 4 heteroatoms. The molecule has 0 heterocycles. The fraction of sp³-hybridized carbons (Fsp3) is 0.611. The first-order chi connectivity index (χ1) is 10.7. The number of ether oxygens (including phenoxy) is 2. The standard InChI is InChI=1S/C18H29NO3/c1-4-7-14-22-18(20)16-11-8-9-12-17(16)21-15-10-13-19(5-2)6-3/h8-9,11-12H,4-7,10,13-15H2,1-3H3. The van der Waals surface area contributed by atoms with Gasteiger partial charge >= 0.3 is 5.97 Å². The lowest BCUT2D eigenvalue weighted by Crippen LogP contribution is -2.25. The van der Waals surface area contributed by atoms with E-state index in [4.69, 9.17) is 9.47 Å². The second-order valence-electron chi connectivity index (χ2n) is 5.21. The number of carbonyl (C=O) groups is 1. The Hall–Kier alpha value is -1.55. The van der Waals surface area contributed by atoms with Crippen LogP contribution >= 0.6 is 0 Å². The van der Waals surface area contributed by atoms with E-state index < -0.39 is 0 Å². The maximum atomic E-state index is 12.1. The predicted molar refractivity (Wildman–Crippen MR) is 89.5 cm³/mol. The second-order valence-corrected chi connectivity index (χ2v) is 5.21. The molecule has 124 valence electrons. The first-order valence-electron chi connectivity index (χ1n) is 8.34. The highest BCUT2D eigenvalue weighted by atomic mass is 16.5. The van der Waals surface area contributed by atoms with Gasteiger partial charge in [0.1, 0.15) is 11.3 Å². The van der Waals surface area contributed by atoms with Crippen molar-refractivity contribution < 1.29 is 14.3 Å². The Balaban J connectivity index is 2.47. The highest BCUT2D eigenvalue weighted by molar-refractivity contribution is 5.92. The molecule has 0 aromatic heterocycles. The first-order valence-corrected chi connectivity index (χ1v) is 8.34. The molecule has 0 saturated carbocycles. The van der Waals surface area contributed by atoms with Crippen LogP contribution in [0.2, 0.25) is 0 Å². The van der Waals surface area contributed by atoms with Crippen molar-refractivity contribution in [3.8, 4) is 5.75 Å². The smallest absolute Gasteiger partial charge is 0.341 e. The highest BCUT2D eigenvalue weighted by Gasteiger charge is 2.13. The molecule has 0 saturated heterocycles. The Morgan fingerprint density at radius 3 is 2.45 bits per heavy atom. The third kappa shape index (κ3) is 6.48. The summed E-state index contributed by atoms with van der Waals surface area (Å²) in [6.07, 6.45) is 2.84. The van der Waals surface area contributed by atoms with Gasteiger partial charge in [-0.3, -0.25) is 0 Å². The fourth-order valence-electron chi connectivity index (χ4n) is 2.16. The van der Waals surface area contributed by atoms with E-state index in [2.05, 4.69) is 25.7 Å². The quantitative estimate of drug-likeness (QED) is 0.461. The number of para-hydroxylation sites is 1. The number of hydrogen-bond donors (Lipinski definition) is 0. The van der Waals surface area contributed by atoms with Crippen molar-refractivity contribution in [3.63, 3.8) is 0 Å². The molecular formula is C18H29NO3. The van der Waals surface area contributed by atoms with E-state index in [-0.39, 0.29) is 5.97 Å². The van der Waals surface area contributed by atoms with Crippen molar-refractivity contribution in [1.82, 2.24) is 4.90 Å². The van der Waals surface area contributed by atoms with Crippen LogP contribution in [0.1, 0.15) is 50.4 Å². The highest BCUT2D eigenvalue weighted by Crippen LogP contribution is 2.19. The van der Waals surface area contributed by atoms with Crippen molar-refractivity contribution >= 4 is 5.97 Å². The summed E-state index contributed by atoms with van der Waals surface area (Å²) < 4.78 is 11.0. The molecular weight excluding hydrogens is 278 g/mol. The number of hydrogen-bond acceptors (Lipinski definition) is 4. The maximum Gasteiger partial charge on any atom is 0.341 e. The Kier molecular flexibility index (Phi) is 9.31. The van der Waals surface area contributed by atoms with Crippen molar-refractivity contribution in [2.24, 2.45) is 0 Å². The summed E-state index contributed by atoms with van der Waals surface area (Å²) in [6, 6.07) is 7.30. The van der Waals surface area contributed by atoms with Gasteiger partial charge in [0.15, 0.2) is 0 Å². The van der Waals surface area contributed by atoms with E-state index in [0.29, 0.717) is 24.5 Å². The van der Waals surface area contributed by atoms with Crippen LogP contribution in [0.3, 0.4) is 0 Å². The van der Waals surface area contributed by atoms with E-state index in [9.17, 15) is 4.79 Å². The van der Waals surface area contributed by atoms with E-state index in [1.807, 2.05) is 18.2 Å². The Bertz CT molecular complexity index is 430. The summed E-state index contributed by atoms with van der Waals surface area (Å²) in [4.78, 5) is 14.4. The molecule has 0 N–H and O–H groups in total. The van der Waals surface area contributed by atoms with Crippen molar-refractivity contribution in [2.75, 3.05) is 32.8 Å². The van der Waals surface area contributed by atoms with Crippen molar-refractivity contribution in [2.45, 2.75) is 40.0 Å². The summed E-state index contributed by atoms with van der Waals surface area (Å²) in [5, 5.41) is 0. The number of benzene rings is 1. The second kappa shape index (κ2) is 11.1. The minimum atomic E-state index is -0.298. The van der Waals surface area contributed by atoms with Gasteiger partial charge in [0.25, 0.3) is 0 Å². The van der Waals surface area contributed by atoms with Crippen LogP contribution in [0.25, 0.3) is 0 Å². The van der Waals surface area contributed by atoms with Gasteiger partial charge in [-0.25, -0.2) is 4.79 Å². The van der Waals surface area contributed by atoms with Gasteiger partial charge in [0, 0.05) is 6.54 Å². The topological polar surface area (TPSA) is 38.8 Å². The lowest BCUT2D eigenvalue weighted by atomic mass is 10.2. The molecule has 0 fully saturated rings. The normalized spacial score (nSPS) is 10.7. The van der Waals surface area contributed by atoms with Gasteiger partial charge in [-0.15, -0.1) is 0 Å². The lowest BCUT2D eigenvalue weighted by Gasteiger charge is -2.18. The van der Waals surface area contributed by atoms with Crippen LogP contribution in [0.4, 0.5) is 0 Å². The molecule has 0 aliphatic heterocycles. The molecule has 0 amide bonds. The van der Waals surface area contributed by atoms with E-state index in [0.717, 1.165) is 38.9 Å². The molecule has 0 atom stereocenters. The monoisotopic (exact) mass is 307 g/mol. The molecule has 0 radical (unpaired) electrons. The van der Waals surface area contributed by atoms with Crippen molar-refractivity contribution in [3.05, 3.63) is 29.8 Å². The molecule has 0 spiro atoms. The SMILES string of the molecule is CCCCOC(=O)c1ccccc1OCCCN(CC)CC. The number of unbranched alkanes of at least 4 members (excludes halogenated alkanes) is 1. The van der Waals surface area contributed by atoms with E-state index in [1.165, 1.54) is 0 Å². The van der Waals surface area contributed by atoms with Crippen LogP contribution in [0.5, 0.6) is 5.75 Å². The van der Waals surface area contributed by atoms with Crippen LogP contribution in [-0.4, -0.2) is 43.7 Å². The van der Waals surface area contributed by atoms with Crippen LogP contribution < -0.4 is 4.74 Å². The molecule has 1 aromatic rings. The number of esters is 1. The third-order valence-electron chi connectivity index (χ3n) is 3.61. The average molecular weight is 307 g/mol. The molecule has 0 bridgehead atoms. The summed E-state index contributed by atoms with van der Waals surface area (Å²) in [5.41, 5.74) is 0.515. The number of rotatable bonds is 11. The van der Waals surface area contributed by atoms with E-state index in [1.54, 1.807) is 6.07 Å². The minimum Gasteiger partial charge on any atom is -0.493 e. The molecule has 0 unspecified atom stereocenters. The summed E-state index contributed by atoms with van der Waals surface area (Å²) in [6.45, 7) is 10.6. The molecule has 4 nitrogen and oxygen atoms in total. The van der Waals surface area contributed by atoms with Gasteiger partial charge < -0.3 is 14.4 Å². The summed E-state index contributed by atoms with van der Waals surface area (Å²) in [7, 11) is 0. The zero-order chi connectivity index (χ0) is 16.2. The fourth-order valence-corrected chi connectivity index (χ4v) is 2.16. The number of carbonyl (C=O) groups excluding carboxylic acids is 1. The molecule has 1 aromatic carbocycles. The van der Waals surface area contributed by atoms with Gasteiger partial charge in [0.05, 0.1) is 13.2 Å². The molecule has 1 rings (SSSR count). The van der Waals surface area contributed by atoms with Gasteiger partial charge in [-0.1, -0.05) is 39.3 Å². The molecule has 22 heavy (non-hydrogen) atoms. The minimum absolute atomic E-state index is 0.298. The maximum absolute atomic E-state index is 12.1. The lowest BCUT2D eigenvalue weighted by molar-refractivity contribution is 0.0495. The van der Waals surface area contributed by atoms with Gasteiger partial charge in [0.2, 0.25) is 0 Å². The van der Waals surface area contributed by atoms with Crippen molar-refractivity contribution in [1.29, 1.82) is 0 Å².